The average Bonchev–Trinajstić information content (AvgIpc) is 2.09. The summed E-state index contributed by atoms with van der Waals surface area (Å²) in [5.41, 5.74) is 4.08. The first-order valence-corrected chi connectivity index (χ1v) is 5.30. The Morgan fingerprint density at radius 2 is 2.29 bits per heavy atom. The Kier molecular flexibility index (Phi) is 4.11. The van der Waals surface area contributed by atoms with Crippen molar-refractivity contribution >= 4 is 0 Å². The van der Waals surface area contributed by atoms with Crippen LogP contribution in [0.25, 0.3) is 0 Å². The van der Waals surface area contributed by atoms with Gasteiger partial charge >= 0.3 is 0 Å². The summed E-state index contributed by atoms with van der Waals surface area (Å²) in [4.78, 5) is 0. The molecule has 14 heavy (non-hydrogen) atoms. The zero-order valence-corrected chi connectivity index (χ0v) is 9.31. The maximum Gasteiger partial charge on any atom is 0.0844 e. The molecule has 3 heteroatoms. The summed E-state index contributed by atoms with van der Waals surface area (Å²) in [6, 6.07) is 0.262. The molecule has 3 N–H and O–H groups in total. The molecular weight excluding hydrogens is 176 g/mol. The first-order chi connectivity index (χ1) is 6.64. The van der Waals surface area contributed by atoms with E-state index in [2.05, 4.69) is 12.0 Å². The van der Waals surface area contributed by atoms with Gasteiger partial charge in [-0.3, -0.25) is 11.3 Å². The molecule has 1 rings (SSSR count). The first kappa shape index (κ1) is 11.7. The summed E-state index contributed by atoms with van der Waals surface area (Å²) in [7, 11) is 1.78. The minimum Gasteiger partial charge on any atom is -0.377 e. The molecule has 1 saturated carbocycles. The number of nitrogens with two attached hydrogens (primary N) is 1. The predicted octanol–water partition coefficient (Wildman–Crippen LogP) is 1.74. The van der Waals surface area contributed by atoms with Gasteiger partial charge < -0.3 is 4.74 Å². The predicted molar refractivity (Wildman–Crippen MR) is 58.8 cm³/mol. The van der Waals surface area contributed by atoms with Gasteiger partial charge in [0.05, 0.1) is 11.6 Å². The molecular formula is C11H22N2O. The monoisotopic (exact) mass is 198 g/mol. The van der Waals surface area contributed by atoms with Gasteiger partial charge in [-0.2, -0.15) is 0 Å². The van der Waals surface area contributed by atoms with Crippen LogP contribution in [0.3, 0.4) is 0 Å². The van der Waals surface area contributed by atoms with Crippen LogP contribution in [0.1, 0.15) is 39.0 Å². The van der Waals surface area contributed by atoms with Crippen LogP contribution in [0, 0.1) is 0 Å². The van der Waals surface area contributed by atoms with Gasteiger partial charge in [-0.15, -0.1) is 6.58 Å². The molecule has 0 spiro atoms. The van der Waals surface area contributed by atoms with Crippen molar-refractivity contribution < 1.29 is 4.74 Å². The van der Waals surface area contributed by atoms with Gasteiger partial charge in [-0.25, -0.2) is 0 Å². The average molecular weight is 198 g/mol. The molecule has 1 atom stereocenters. The number of hydrogen-bond donors (Lipinski definition) is 2. The second-order valence-electron chi connectivity index (χ2n) is 4.34. The lowest BCUT2D eigenvalue weighted by Gasteiger charge is -2.46. The number of hydrazine groups is 1. The molecule has 1 unspecified atom stereocenters. The van der Waals surface area contributed by atoms with Crippen molar-refractivity contribution in [1.82, 2.24) is 5.43 Å². The van der Waals surface area contributed by atoms with E-state index in [4.69, 9.17) is 10.6 Å². The van der Waals surface area contributed by atoms with Crippen molar-refractivity contribution in [3.05, 3.63) is 12.2 Å². The van der Waals surface area contributed by atoms with Crippen LogP contribution >= 0.6 is 0 Å². The van der Waals surface area contributed by atoms with Crippen LogP contribution in [0.4, 0.5) is 0 Å². The molecule has 1 aliphatic carbocycles. The third-order valence-corrected chi connectivity index (χ3v) is 3.30. The third-order valence-electron chi connectivity index (χ3n) is 3.30. The number of ether oxygens (including phenoxy) is 1. The first-order valence-electron chi connectivity index (χ1n) is 5.30. The number of methoxy groups -OCH3 is 1. The zero-order chi connectivity index (χ0) is 10.6. The molecule has 0 aliphatic heterocycles. The van der Waals surface area contributed by atoms with Crippen molar-refractivity contribution in [2.75, 3.05) is 7.11 Å². The van der Waals surface area contributed by atoms with Crippen molar-refractivity contribution in [2.24, 2.45) is 5.84 Å². The lowest BCUT2D eigenvalue weighted by Crippen LogP contribution is -2.58. The number of allylic oxidation sites excluding steroid dienone is 1. The zero-order valence-electron chi connectivity index (χ0n) is 9.31. The van der Waals surface area contributed by atoms with E-state index in [1.54, 1.807) is 7.11 Å². The summed E-state index contributed by atoms with van der Waals surface area (Å²) < 4.78 is 5.59. The molecule has 0 aromatic carbocycles. The standard InChI is InChI=1S/C11H22N2O/c1-9(2)5-6-10(13-12)11(14-3)7-4-8-11/h10,13H,1,4-8,12H2,2-3H3. The summed E-state index contributed by atoms with van der Waals surface area (Å²) in [5, 5.41) is 0. The molecule has 0 aromatic rings. The molecule has 0 amide bonds. The van der Waals surface area contributed by atoms with Crippen molar-refractivity contribution in [2.45, 2.75) is 50.7 Å². The molecule has 82 valence electrons. The largest absolute Gasteiger partial charge is 0.377 e. The topological polar surface area (TPSA) is 47.3 Å². The van der Waals surface area contributed by atoms with Crippen LogP contribution in [0.5, 0.6) is 0 Å². The third kappa shape index (κ3) is 2.35. The molecule has 0 aromatic heterocycles. The Morgan fingerprint density at radius 3 is 2.57 bits per heavy atom. The summed E-state index contributed by atoms with van der Waals surface area (Å²) in [5.74, 6) is 5.57. The van der Waals surface area contributed by atoms with Crippen LogP contribution in [0.2, 0.25) is 0 Å². The molecule has 3 nitrogen and oxygen atoms in total. The maximum absolute atomic E-state index is 5.59. The highest BCUT2D eigenvalue weighted by Gasteiger charge is 2.43. The van der Waals surface area contributed by atoms with E-state index in [0.29, 0.717) is 0 Å². The fourth-order valence-electron chi connectivity index (χ4n) is 2.11. The van der Waals surface area contributed by atoms with Gasteiger partial charge in [-0.1, -0.05) is 5.57 Å². The fraction of sp³-hybridized carbons (Fsp3) is 0.818. The number of nitrogens with one attached hydrogen (secondary N) is 1. The van der Waals surface area contributed by atoms with E-state index >= 15 is 0 Å². The number of hydrogen-bond acceptors (Lipinski definition) is 3. The highest BCUT2D eigenvalue weighted by atomic mass is 16.5. The van der Waals surface area contributed by atoms with Crippen LogP contribution < -0.4 is 11.3 Å². The Labute approximate surface area is 86.7 Å². The highest BCUT2D eigenvalue weighted by molar-refractivity contribution is 5.01. The molecule has 0 bridgehead atoms. The molecule has 0 heterocycles. The number of rotatable bonds is 6. The Bertz CT molecular complexity index is 194. The second kappa shape index (κ2) is 4.91. The van der Waals surface area contributed by atoms with Crippen molar-refractivity contribution in [3.63, 3.8) is 0 Å². The SMILES string of the molecule is C=C(C)CCC(NN)C1(OC)CCC1. The highest BCUT2D eigenvalue weighted by Crippen LogP contribution is 2.39. The Morgan fingerprint density at radius 1 is 1.64 bits per heavy atom. The minimum absolute atomic E-state index is 0.00972. The molecule has 0 saturated heterocycles. The minimum atomic E-state index is -0.00972. The van der Waals surface area contributed by atoms with E-state index in [1.807, 2.05) is 6.92 Å². The molecule has 1 aliphatic rings. The van der Waals surface area contributed by atoms with Gasteiger partial charge in [0.1, 0.15) is 0 Å². The van der Waals surface area contributed by atoms with Gasteiger partial charge in [0.25, 0.3) is 0 Å². The maximum atomic E-state index is 5.59. The van der Waals surface area contributed by atoms with E-state index in [-0.39, 0.29) is 11.6 Å². The molecule has 1 fully saturated rings. The van der Waals surface area contributed by atoms with E-state index < -0.39 is 0 Å². The quantitative estimate of drug-likeness (QED) is 0.388. The summed E-state index contributed by atoms with van der Waals surface area (Å²) in [6.07, 6.45) is 5.52. The van der Waals surface area contributed by atoms with E-state index in [9.17, 15) is 0 Å². The smallest absolute Gasteiger partial charge is 0.0844 e. The van der Waals surface area contributed by atoms with Gasteiger partial charge in [-0.05, 0) is 39.0 Å². The fourth-order valence-corrected chi connectivity index (χ4v) is 2.11. The normalized spacial score (nSPS) is 21.4. The summed E-state index contributed by atoms with van der Waals surface area (Å²) >= 11 is 0. The second-order valence-corrected chi connectivity index (χ2v) is 4.34. The van der Waals surface area contributed by atoms with Crippen molar-refractivity contribution in [3.8, 4) is 0 Å². The van der Waals surface area contributed by atoms with Gasteiger partial charge in [0, 0.05) is 7.11 Å². The van der Waals surface area contributed by atoms with Gasteiger partial charge in [0.15, 0.2) is 0 Å². The lowest BCUT2D eigenvalue weighted by atomic mass is 9.73. The van der Waals surface area contributed by atoms with E-state index in [0.717, 1.165) is 25.7 Å². The lowest BCUT2D eigenvalue weighted by molar-refractivity contribution is -0.0999. The Balaban J connectivity index is 2.47. The van der Waals surface area contributed by atoms with Gasteiger partial charge in [0.2, 0.25) is 0 Å². The van der Waals surface area contributed by atoms with Crippen LogP contribution in [-0.4, -0.2) is 18.8 Å². The van der Waals surface area contributed by atoms with Crippen LogP contribution in [-0.2, 0) is 4.74 Å². The Hall–Kier alpha value is -0.380. The van der Waals surface area contributed by atoms with Crippen LogP contribution in [0.15, 0.2) is 12.2 Å². The summed E-state index contributed by atoms with van der Waals surface area (Å²) in [6.45, 7) is 5.95. The van der Waals surface area contributed by atoms with E-state index in [1.165, 1.54) is 12.0 Å². The molecule has 0 radical (unpaired) electrons. The van der Waals surface area contributed by atoms with Crippen molar-refractivity contribution in [1.29, 1.82) is 0 Å².